The van der Waals surface area contributed by atoms with Crippen molar-refractivity contribution in [3.63, 3.8) is 0 Å². The van der Waals surface area contributed by atoms with Crippen LogP contribution in [0.5, 0.6) is 0 Å². The maximum atomic E-state index is 11.2. The summed E-state index contributed by atoms with van der Waals surface area (Å²) in [7, 11) is 0. The minimum atomic E-state index is -0.949. The van der Waals surface area contributed by atoms with Crippen molar-refractivity contribution in [3.8, 4) is 0 Å². The van der Waals surface area contributed by atoms with Gasteiger partial charge in [-0.3, -0.25) is 0 Å². The number of fused-ring (bicyclic) bond motifs is 1. The van der Waals surface area contributed by atoms with Gasteiger partial charge in [-0.25, -0.2) is 9.78 Å². The van der Waals surface area contributed by atoms with Crippen LogP contribution in [0.25, 0.3) is 0 Å². The van der Waals surface area contributed by atoms with Crippen molar-refractivity contribution in [1.29, 1.82) is 0 Å². The normalized spacial score (nSPS) is 14.1. The van der Waals surface area contributed by atoms with Crippen molar-refractivity contribution in [3.05, 3.63) is 58.8 Å². The summed E-state index contributed by atoms with van der Waals surface area (Å²) in [5.41, 5.74) is 3.70. The first kappa shape index (κ1) is 12.7. The van der Waals surface area contributed by atoms with Crippen LogP contribution in [0, 0.1) is 6.92 Å². The number of aromatic carboxylic acids is 1. The molecule has 1 aliphatic rings. The van der Waals surface area contributed by atoms with Crippen LogP contribution in [0.15, 0.2) is 36.4 Å². The first-order chi connectivity index (χ1) is 9.63. The second kappa shape index (κ2) is 4.96. The standard InChI is InChI=1S/C16H16N2O2/c1-10-6-7-14(16(19)20)15(17-10)18-13-8-11-4-2-3-5-12(11)9-13/h2-7,13H,8-9H2,1H3,(H,17,18)(H,19,20). The van der Waals surface area contributed by atoms with Gasteiger partial charge < -0.3 is 10.4 Å². The Labute approximate surface area is 117 Å². The van der Waals surface area contributed by atoms with Crippen LogP contribution < -0.4 is 5.32 Å². The van der Waals surface area contributed by atoms with Gasteiger partial charge in [0.05, 0.1) is 0 Å². The molecule has 1 aromatic carbocycles. The Morgan fingerprint density at radius 3 is 2.45 bits per heavy atom. The Balaban J connectivity index is 1.83. The van der Waals surface area contributed by atoms with Crippen LogP contribution in [0.2, 0.25) is 0 Å². The number of carboxylic acids is 1. The molecule has 4 heteroatoms. The van der Waals surface area contributed by atoms with E-state index in [1.54, 1.807) is 12.1 Å². The van der Waals surface area contributed by atoms with Crippen molar-refractivity contribution in [1.82, 2.24) is 4.98 Å². The fourth-order valence-corrected chi connectivity index (χ4v) is 2.69. The topological polar surface area (TPSA) is 62.2 Å². The lowest BCUT2D eigenvalue weighted by atomic mass is 10.1. The monoisotopic (exact) mass is 268 g/mol. The van der Waals surface area contributed by atoms with E-state index in [1.807, 2.05) is 19.1 Å². The Hall–Kier alpha value is -2.36. The van der Waals surface area contributed by atoms with E-state index in [9.17, 15) is 9.90 Å². The predicted octanol–water partition coefficient (Wildman–Crippen LogP) is 2.67. The number of pyridine rings is 1. The average Bonchev–Trinajstić information content (AvgIpc) is 2.80. The lowest BCUT2D eigenvalue weighted by Gasteiger charge is -2.15. The number of aryl methyl sites for hydroxylation is 1. The van der Waals surface area contributed by atoms with Gasteiger partial charge in [0.15, 0.2) is 0 Å². The summed E-state index contributed by atoms with van der Waals surface area (Å²) < 4.78 is 0. The molecule has 0 radical (unpaired) electrons. The first-order valence-electron chi connectivity index (χ1n) is 6.68. The van der Waals surface area contributed by atoms with Crippen LogP contribution in [-0.2, 0) is 12.8 Å². The van der Waals surface area contributed by atoms with Gasteiger partial charge in [-0.2, -0.15) is 0 Å². The number of nitrogens with one attached hydrogen (secondary N) is 1. The molecule has 3 rings (SSSR count). The minimum absolute atomic E-state index is 0.208. The number of benzene rings is 1. The van der Waals surface area contributed by atoms with E-state index in [-0.39, 0.29) is 11.6 Å². The van der Waals surface area contributed by atoms with E-state index in [1.165, 1.54) is 11.1 Å². The van der Waals surface area contributed by atoms with Crippen molar-refractivity contribution >= 4 is 11.8 Å². The van der Waals surface area contributed by atoms with Crippen molar-refractivity contribution in [2.75, 3.05) is 5.32 Å². The van der Waals surface area contributed by atoms with Gasteiger partial charge in [0.25, 0.3) is 0 Å². The maximum absolute atomic E-state index is 11.2. The first-order valence-corrected chi connectivity index (χ1v) is 6.68. The molecule has 2 aromatic rings. The second-order valence-corrected chi connectivity index (χ2v) is 5.17. The zero-order valence-electron chi connectivity index (χ0n) is 11.3. The smallest absolute Gasteiger partial charge is 0.339 e. The highest BCUT2D eigenvalue weighted by molar-refractivity contribution is 5.93. The maximum Gasteiger partial charge on any atom is 0.339 e. The minimum Gasteiger partial charge on any atom is -0.478 e. The summed E-state index contributed by atoms with van der Waals surface area (Å²) in [6.45, 7) is 1.86. The van der Waals surface area contributed by atoms with Crippen molar-refractivity contribution in [2.24, 2.45) is 0 Å². The second-order valence-electron chi connectivity index (χ2n) is 5.17. The molecule has 1 aromatic heterocycles. The van der Waals surface area contributed by atoms with E-state index in [0.29, 0.717) is 5.82 Å². The van der Waals surface area contributed by atoms with E-state index < -0.39 is 5.97 Å². The number of hydrogen-bond donors (Lipinski definition) is 2. The molecule has 0 atom stereocenters. The molecular weight excluding hydrogens is 252 g/mol. The third-order valence-corrected chi connectivity index (χ3v) is 3.66. The van der Waals surface area contributed by atoms with E-state index in [4.69, 9.17) is 0 Å². The Bertz CT molecular complexity index is 642. The average molecular weight is 268 g/mol. The number of rotatable bonds is 3. The Morgan fingerprint density at radius 1 is 1.20 bits per heavy atom. The fourth-order valence-electron chi connectivity index (χ4n) is 2.69. The number of carboxylic acid groups (broad SMARTS) is 1. The van der Waals surface area contributed by atoms with Gasteiger partial charge in [-0.1, -0.05) is 24.3 Å². The van der Waals surface area contributed by atoms with Crippen LogP contribution >= 0.6 is 0 Å². The summed E-state index contributed by atoms with van der Waals surface area (Å²) >= 11 is 0. The number of hydrogen-bond acceptors (Lipinski definition) is 3. The molecule has 0 saturated heterocycles. The summed E-state index contributed by atoms with van der Waals surface area (Å²) in [6.07, 6.45) is 1.82. The lowest BCUT2D eigenvalue weighted by Crippen LogP contribution is -2.22. The highest BCUT2D eigenvalue weighted by Crippen LogP contribution is 2.25. The molecule has 0 aliphatic heterocycles. The van der Waals surface area contributed by atoms with Crippen LogP contribution in [0.3, 0.4) is 0 Å². The van der Waals surface area contributed by atoms with Gasteiger partial charge in [-0.15, -0.1) is 0 Å². The zero-order valence-corrected chi connectivity index (χ0v) is 11.3. The van der Waals surface area contributed by atoms with E-state index in [2.05, 4.69) is 22.4 Å². The molecule has 102 valence electrons. The molecular formula is C16H16N2O2. The SMILES string of the molecule is Cc1ccc(C(=O)O)c(NC2Cc3ccccc3C2)n1. The summed E-state index contributed by atoms with van der Waals surface area (Å²) in [5.74, 6) is -0.481. The molecule has 20 heavy (non-hydrogen) atoms. The third-order valence-electron chi connectivity index (χ3n) is 3.66. The zero-order chi connectivity index (χ0) is 14.1. The highest BCUT2D eigenvalue weighted by atomic mass is 16.4. The number of carbonyl (C=O) groups is 1. The van der Waals surface area contributed by atoms with Crippen molar-refractivity contribution in [2.45, 2.75) is 25.8 Å². The van der Waals surface area contributed by atoms with E-state index >= 15 is 0 Å². The Kier molecular flexibility index (Phi) is 3.14. The highest BCUT2D eigenvalue weighted by Gasteiger charge is 2.23. The van der Waals surface area contributed by atoms with Crippen molar-refractivity contribution < 1.29 is 9.90 Å². The molecule has 4 nitrogen and oxygen atoms in total. The van der Waals surface area contributed by atoms with Crippen LogP contribution in [-0.4, -0.2) is 22.1 Å². The molecule has 0 unspecified atom stereocenters. The Morgan fingerprint density at radius 2 is 1.85 bits per heavy atom. The van der Waals surface area contributed by atoms with Gasteiger partial charge in [0.2, 0.25) is 0 Å². The number of aromatic nitrogens is 1. The number of nitrogens with zero attached hydrogens (tertiary/aromatic N) is 1. The fraction of sp³-hybridized carbons (Fsp3) is 0.250. The summed E-state index contributed by atoms with van der Waals surface area (Å²) in [5, 5.41) is 12.5. The van der Waals surface area contributed by atoms with Gasteiger partial charge in [0.1, 0.15) is 11.4 Å². The predicted molar refractivity (Wildman–Crippen MR) is 77.2 cm³/mol. The molecule has 2 N–H and O–H groups in total. The van der Waals surface area contributed by atoms with Gasteiger partial charge in [-0.05, 0) is 43.0 Å². The molecule has 1 heterocycles. The number of anilines is 1. The molecule has 0 saturated carbocycles. The van der Waals surface area contributed by atoms with Crippen LogP contribution in [0.4, 0.5) is 5.82 Å². The molecule has 0 amide bonds. The van der Waals surface area contributed by atoms with E-state index in [0.717, 1.165) is 18.5 Å². The molecule has 1 aliphatic carbocycles. The molecule has 0 bridgehead atoms. The van der Waals surface area contributed by atoms with Gasteiger partial charge >= 0.3 is 5.97 Å². The summed E-state index contributed by atoms with van der Waals surface area (Å²) in [6, 6.07) is 11.9. The quantitative estimate of drug-likeness (QED) is 0.898. The largest absolute Gasteiger partial charge is 0.478 e. The summed E-state index contributed by atoms with van der Waals surface area (Å²) in [4.78, 5) is 15.6. The molecule has 0 fully saturated rings. The third kappa shape index (κ3) is 2.37. The molecule has 0 spiro atoms. The van der Waals surface area contributed by atoms with Gasteiger partial charge in [0, 0.05) is 11.7 Å². The lowest BCUT2D eigenvalue weighted by molar-refractivity contribution is 0.0697. The van der Waals surface area contributed by atoms with Crippen LogP contribution in [0.1, 0.15) is 27.2 Å².